The summed E-state index contributed by atoms with van der Waals surface area (Å²) in [7, 11) is -3.68. The van der Waals surface area contributed by atoms with Gasteiger partial charge in [-0.2, -0.15) is 23.0 Å². The van der Waals surface area contributed by atoms with Gasteiger partial charge in [0.15, 0.2) is 21.5 Å². The number of carbonyl (C=O) groups excluding carboxylic acids is 2. The minimum absolute atomic E-state index is 0.135. The second kappa shape index (κ2) is 7.13. The van der Waals surface area contributed by atoms with Gasteiger partial charge in [0.1, 0.15) is 17.4 Å². The van der Waals surface area contributed by atoms with Gasteiger partial charge in [0.2, 0.25) is 5.91 Å². The van der Waals surface area contributed by atoms with Crippen LogP contribution >= 0.6 is 0 Å². The minimum Gasteiger partial charge on any atom is -0.340 e. The molecular weight excluding hydrogens is 415 g/mol. The predicted molar refractivity (Wildman–Crippen MR) is 95.4 cm³/mol. The van der Waals surface area contributed by atoms with E-state index in [4.69, 9.17) is 0 Å². The molecule has 29 heavy (non-hydrogen) atoms. The number of nitrogens with zero attached hydrogens (tertiary/aromatic N) is 3. The molecule has 0 aromatic carbocycles. The van der Waals surface area contributed by atoms with Crippen LogP contribution in [-0.4, -0.2) is 59.2 Å². The number of amides is 2. The standard InChI is InChI=1S/C16H16F3N5O4S/c1-8-3-4-11(20-6-8)24-14(22-12(25)7-29(2,27)28)13-9(23-24)5-10(16(17,18)19)21-15(13)26/h3-4,6,10H,5,7H2,1-2H3,(H,21,26)(H,22,25)/t10-/m1/s1. The van der Waals surface area contributed by atoms with Crippen molar-refractivity contribution in [2.75, 3.05) is 17.3 Å². The van der Waals surface area contributed by atoms with Crippen LogP contribution in [0.25, 0.3) is 5.82 Å². The third kappa shape index (κ3) is 4.55. The Morgan fingerprint density at radius 1 is 1.38 bits per heavy atom. The zero-order chi connectivity index (χ0) is 21.6. The van der Waals surface area contributed by atoms with Crippen molar-refractivity contribution in [2.45, 2.75) is 25.6 Å². The fourth-order valence-electron chi connectivity index (χ4n) is 2.79. The summed E-state index contributed by atoms with van der Waals surface area (Å²) in [5, 5.41) is 8.16. The van der Waals surface area contributed by atoms with E-state index in [1.165, 1.54) is 12.3 Å². The molecule has 1 aliphatic rings. The zero-order valence-electron chi connectivity index (χ0n) is 15.2. The van der Waals surface area contributed by atoms with Crippen molar-refractivity contribution in [3.05, 3.63) is 35.2 Å². The maximum absolute atomic E-state index is 13.1. The van der Waals surface area contributed by atoms with E-state index >= 15 is 0 Å². The van der Waals surface area contributed by atoms with Gasteiger partial charge in [-0.1, -0.05) is 6.07 Å². The highest BCUT2D eigenvalue weighted by atomic mass is 32.2. The number of carbonyl (C=O) groups is 2. The van der Waals surface area contributed by atoms with E-state index in [9.17, 15) is 31.2 Å². The molecule has 0 radical (unpaired) electrons. The lowest BCUT2D eigenvalue weighted by Gasteiger charge is -2.25. The van der Waals surface area contributed by atoms with Gasteiger partial charge in [-0.05, 0) is 18.6 Å². The average Bonchev–Trinajstić information content (AvgIpc) is 2.92. The number of halogens is 3. The lowest BCUT2D eigenvalue weighted by molar-refractivity contribution is -0.154. The molecule has 1 aliphatic heterocycles. The van der Waals surface area contributed by atoms with Crippen LogP contribution in [0, 0.1) is 6.92 Å². The molecular formula is C16H16F3N5O4S. The molecule has 0 saturated carbocycles. The SMILES string of the molecule is Cc1ccc(-n2nc3c(c2NC(=O)CS(C)(=O)=O)C(=O)N[C@@H](C(F)(F)F)C3)nc1. The number of anilines is 1. The molecule has 0 fully saturated rings. The smallest absolute Gasteiger partial charge is 0.340 e. The van der Waals surface area contributed by atoms with E-state index in [1.54, 1.807) is 13.0 Å². The molecule has 2 aromatic heterocycles. The van der Waals surface area contributed by atoms with Crippen LogP contribution in [0.4, 0.5) is 19.0 Å². The Balaban J connectivity index is 2.09. The van der Waals surface area contributed by atoms with Crippen molar-refractivity contribution in [1.29, 1.82) is 0 Å². The monoisotopic (exact) mass is 431 g/mol. The van der Waals surface area contributed by atoms with Crippen LogP contribution < -0.4 is 10.6 Å². The Kier molecular flexibility index (Phi) is 5.11. The molecule has 156 valence electrons. The van der Waals surface area contributed by atoms with E-state index in [-0.39, 0.29) is 22.9 Å². The van der Waals surface area contributed by atoms with Crippen molar-refractivity contribution in [3.63, 3.8) is 0 Å². The molecule has 0 aliphatic carbocycles. The van der Waals surface area contributed by atoms with Crippen LogP contribution in [0.3, 0.4) is 0 Å². The van der Waals surface area contributed by atoms with E-state index < -0.39 is 46.0 Å². The second-order valence-electron chi connectivity index (χ2n) is 6.67. The van der Waals surface area contributed by atoms with Crippen LogP contribution in [0.5, 0.6) is 0 Å². The molecule has 2 amide bonds. The van der Waals surface area contributed by atoms with Crippen LogP contribution in [0.15, 0.2) is 18.3 Å². The summed E-state index contributed by atoms with van der Waals surface area (Å²) >= 11 is 0. The summed E-state index contributed by atoms with van der Waals surface area (Å²) in [6, 6.07) is 1.03. The highest BCUT2D eigenvalue weighted by molar-refractivity contribution is 7.91. The quantitative estimate of drug-likeness (QED) is 0.738. The van der Waals surface area contributed by atoms with Crippen molar-refractivity contribution >= 4 is 27.5 Å². The number of sulfone groups is 1. The molecule has 2 aromatic rings. The maximum atomic E-state index is 13.1. The van der Waals surface area contributed by atoms with Crippen molar-refractivity contribution in [1.82, 2.24) is 20.1 Å². The first-order chi connectivity index (χ1) is 13.3. The topological polar surface area (TPSA) is 123 Å². The van der Waals surface area contributed by atoms with Gasteiger partial charge >= 0.3 is 6.18 Å². The predicted octanol–water partition coefficient (Wildman–Crippen LogP) is 0.776. The molecule has 1 atom stereocenters. The van der Waals surface area contributed by atoms with Gasteiger partial charge in [-0.15, -0.1) is 0 Å². The number of alkyl halides is 3. The largest absolute Gasteiger partial charge is 0.409 e. The normalized spacial score (nSPS) is 16.9. The Hall–Kier alpha value is -2.96. The number of hydrogen-bond donors (Lipinski definition) is 2. The maximum Gasteiger partial charge on any atom is 0.409 e. The number of rotatable bonds is 4. The van der Waals surface area contributed by atoms with E-state index in [1.807, 2.05) is 5.32 Å². The Morgan fingerprint density at radius 2 is 2.07 bits per heavy atom. The molecule has 0 saturated heterocycles. The van der Waals surface area contributed by atoms with Crippen molar-refractivity contribution < 1.29 is 31.2 Å². The summed E-state index contributed by atoms with van der Waals surface area (Å²) in [4.78, 5) is 28.6. The highest BCUT2D eigenvalue weighted by Gasteiger charge is 2.46. The minimum atomic E-state index is -4.68. The van der Waals surface area contributed by atoms with Crippen LogP contribution in [-0.2, 0) is 21.1 Å². The van der Waals surface area contributed by atoms with Gasteiger partial charge in [0.05, 0.1) is 5.69 Å². The van der Waals surface area contributed by atoms with Gasteiger partial charge in [-0.3, -0.25) is 9.59 Å². The lowest BCUT2D eigenvalue weighted by Crippen LogP contribution is -2.50. The van der Waals surface area contributed by atoms with Crippen molar-refractivity contribution in [3.8, 4) is 5.82 Å². The molecule has 13 heteroatoms. The number of aromatic nitrogens is 3. The molecule has 3 rings (SSSR count). The molecule has 3 heterocycles. The molecule has 2 N–H and O–H groups in total. The first-order valence-corrected chi connectivity index (χ1v) is 10.3. The number of pyridine rings is 1. The number of fused-ring (bicyclic) bond motifs is 1. The van der Waals surface area contributed by atoms with E-state index in [0.717, 1.165) is 16.5 Å². The first kappa shape index (κ1) is 20.8. The first-order valence-electron chi connectivity index (χ1n) is 8.25. The second-order valence-corrected chi connectivity index (χ2v) is 8.81. The average molecular weight is 431 g/mol. The lowest BCUT2D eigenvalue weighted by atomic mass is 10.0. The summed E-state index contributed by atoms with van der Waals surface area (Å²) < 4.78 is 63.0. The fraction of sp³-hybridized carbons (Fsp3) is 0.375. The third-order valence-corrected chi connectivity index (χ3v) is 4.83. The van der Waals surface area contributed by atoms with E-state index in [0.29, 0.717) is 0 Å². The highest BCUT2D eigenvalue weighted by Crippen LogP contribution is 2.32. The van der Waals surface area contributed by atoms with E-state index in [2.05, 4.69) is 15.4 Å². The Labute approximate surface area is 163 Å². The van der Waals surface area contributed by atoms with Crippen LogP contribution in [0.1, 0.15) is 21.6 Å². The molecule has 0 unspecified atom stereocenters. The van der Waals surface area contributed by atoms with Gasteiger partial charge < -0.3 is 10.6 Å². The third-order valence-electron chi connectivity index (χ3n) is 4.05. The van der Waals surface area contributed by atoms with Gasteiger partial charge in [0.25, 0.3) is 5.91 Å². The molecule has 0 bridgehead atoms. The molecule has 9 nitrogen and oxygen atoms in total. The summed E-state index contributed by atoms with van der Waals surface area (Å²) in [5.74, 6) is -3.03. The number of aryl methyl sites for hydroxylation is 1. The van der Waals surface area contributed by atoms with Gasteiger partial charge in [0, 0.05) is 18.9 Å². The molecule has 0 spiro atoms. The fourth-order valence-corrected chi connectivity index (χ4v) is 3.34. The summed E-state index contributed by atoms with van der Waals surface area (Å²) in [5.41, 5.74) is 0.339. The van der Waals surface area contributed by atoms with Crippen molar-refractivity contribution in [2.24, 2.45) is 0 Å². The summed E-state index contributed by atoms with van der Waals surface area (Å²) in [6.45, 7) is 1.76. The zero-order valence-corrected chi connectivity index (χ0v) is 16.1. The number of hydrogen-bond acceptors (Lipinski definition) is 6. The van der Waals surface area contributed by atoms with Gasteiger partial charge in [-0.25, -0.2) is 13.4 Å². The Morgan fingerprint density at radius 3 is 2.62 bits per heavy atom. The Bertz CT molecular complexity index is 1080. The summed E-state index contributed by atoms with van der Waals surface area (Å²) in [6.07, 6.45) is -3.00. The number of nitrogens with one attached hydrogen (secondary N) is 2. The van der Waals surface area contributed by atoms with Crippen LogP contribution in [0.2, 0.25) is 0 Å².